The molecular formula is C14H18N4O. The minimum Gasteiger partial charge on any atom is -0.423 e. The Morgan fingerprint density at radius 3 is 2.26 bits per heavy atom. The van der Waals surface area contributed by atoms with Gasteiger partial charge in [-0.1, -0.05) is 31.1 Å². The van der Waals surface area contributed by atoms with Crippen molar-refractivity contribution >= 4 is 0 Å². The first-order valence-electron chi connectivity index (χ1n) is 6.46. The molecule has 1 aromatic heterocycles. The monoisotopic (exact) mass is 258 g/mol. The third-order valence-electron chi connectivity index (χ3n) is 2.86. The first-order valence-corrected chi connectivity index (χ1v) is 6.46. The highest BCUT2D eigenvalue weighted by atomic mass is 16.5. The maximum Gasteiger partial charge on any atom is 0.341 e. The Hall–Kier alpha value is -2.01. The molecule has 1 heterocycles. The number of nitrogens with two attached hydrogens (primary N) is 1. The van der Waals surface area contributed by atoms with Gasteiger partial charge in [0.15, 0.2) is 0 Å². The Bertz CT molecular complexity index is 540. The number of hydrogen-bond acceptors (Lipinski definition) is 5. The topological polar surface area (TPSA) is 73.9 Å². The van der Waals surface area contributed by atoms with E-state index in [0.29, 0.717) is 12.3 Å². The maximum atomic E-state index is 5.59. The van der Waals surface area contributed by atoms with Gasteiger partial charge in [-0.15, -0.1) is 5.10 Å². The third kappa shape index (κ3) is 3.26. The van der Waals surface area contributed by atoms with Crippen molar-refractivity contribution < 1.29 is 4.74 Å². The summed E-state index contributed by atoms with van der Waals surface area (Å²) in [6.45, 7) is 4.60. The molecule has 100 valence electrons. The molecule has 0 saturated heterocycles. The van der Waals surface area contributed by atoms with Crippen LogP contribution in [0.1, 0.15) is 30.8 Å². The Balaban J connectivity index is 2.18. The molecule has 2 aromatic rings. The van der Waals surface area contributed by atoms with Crippen molar-refractivity contribution in [1.82, 2.24) is 15.2 Å². The Labute approximate surface area is 112 Å². The molecule has 2 N–H and O–H groups in total. The quantitative estimate of drug-likeness (QED) is 0.890. The average Bonchev–Trinajstić information content (AvgIpc) is 2.48. The van der Waals surface area contributed by atoms with Crippen LogP contribution in [0.3, 0.4) is 0 Å². The van der Waals surface area contributed by atoms with Gasteiger partial charge in [0, 0.05) is 6.54 Å². The summed E-state index contributed by atoms with van der Waals surface area (Å²) in [5, 5.41) is 8.13. The Morgan fingerprint density at radius 2 is 1.68 bits per heavy atom. The summed E-state index contributed by atoms with van der Waals surface area (Å²) in [5.41, 5.74) is 8.46. The average molecular weight is 258 g/mol. The van der Waals surface area contributed by atoms with Crippen molar-refractivity contribution in [3.8, 4) is 11.8 Å². The molecule has 0 saturated carbocycles. The van der Waals surface area contributed by atoms with Gasteiger partial charge >= 0.3 is 6.01 Å². The van der Waals surface area contributed by atoms with E-state index < -0.39 is 0 Å². The molecule has 0 atom stereocenters. The molecule has 5 nitrogen and oxygen atoms in total. The molecule has 1 aromatic carbocycles. The number of nitrogens with zero attached hydrogens (tertiary/aromatic N) is 3. The van der Waals surface area contributed by atoms with Gasteiger partial charge in [0.25, 0.3) is 0 Å². The lowest BCUT2D eigenvalue weighted by Gasteiger charge is -2.07. The number of hydrogen-bond donors (Lipinski definition) is 1. The molecule has 0 radical (unpaired) electrons. The Morgan fingerprint density at radius 1 is 1.00 bits per heavy atom. The molecule has 2 rings (SSSR count). The van der Waals surface area contributed by atoms with Crippen molar-refractivity contribution in [2.45, 2.75) is 33.2 Å². The lowest BCUT2D eigenvalue weighted by molar-refractivity contribution is 0.428. The molecule has 0 aliphatic carbocycles. The second kappa shape index (κ2) is 6.24. The van der Waals surface area contributed by atoms with Gasteiger partial charge in [0.1, 0.15) is 5.75 Å². The van der Waals surface area contributed by atoms with Crippen molar-refractivity contribution in [1.29, 1.82) is 0 Å². The van der Waals surface area contributed by atoms with Crippen LogP contribution >= 0.6 is 0 Å². The maximum absolute atomic E-state index is 5.59. The first kappa shape index (κ1) is 13.4. The van der Waals surface area contributed by atoms with E-state index in [4.69, 9.17) is 10.5 Å². The fraction of sp³-hybridized carbons (Fsp3) is 0.357. The van der Waals surface area contributed by atoms with Crippen LogP contribution in [0.5, 0.6) is 11.8 Å². The van der Waals surface area contributed by atoms with Gasteiger partial charge in [-0.25, -0.2) is 0 Å². The third-order valence-corrected chi connectivity index (χ3v) is 2.86. The summed E-state index contributed by atoms with van der Waals surface area (Å²) in [6.07, 6.45) is 1.65. The highest BCUT2D eigenvalue weighted by Gasteiger charge is 2.07. The van der Waals surface area contributed by atoms with Gasteiger partial charge in [-0.3, -0.25) is 0 Å². The molecule has 5 heteroatoms. The number of ether oxygens (including phenoxy) is 1. The first-order chi connectivity index (χ1) is 9.26. The van der Waals surface area contributed by atoms with Gasteiger partial charge in [0.2, 0.25) is 0 Å². The zero-order valence-electron chi connectivity index (χ0n) is 11.3. The molecule has 0 aliphatic rings. The van der Waals surface area contributed by atoms with Crippen LogP contribution in [0.4, 0.5) is 0 Å². The van der Waals surface area contributed by atoms with Gasteiger partial charge < -0.3 is 10.5 Å². The van der Waals surface area contributed by atoms with Crippen LogP contribution < -0.4 is 10.5 Å². The molecule has 0 amide bonds. The fourth-order valence-electron chi connectivity index (χ4n) is 1.76. The molecule has 0 spiro atoms. The van der Waals surface area contributed by atoms with Crippen molar-refractivity contribution in [3.63, 3.8) is 0 Å². The second-order valence-corrected chi connectivity index (χ2v) is 4.15. The number of aryl methyl sites for hydroxylation is 2. The number of aromatic nitrogens is 3. The highest BCUT2D eigenvalue weighted by molar-refractivity contribution is 5.29. The zero-order valence-corrected chi connectivity index (χ0v) is 11.3. The summed E-state index contributed by atoms with van der Waals surface area (Å²) in [7, 11) is 0. The van der Waals surface area contributed by atoms with E-state index in [1.165, 1.54) is 0 Å². The summed E-state index contributed by atoms with van der Waals surface area (Å²) < 4.78 is 5.59. The van der Waals surface area contributed by atoms with Crippen LogP contribution in [-0.4, -0.2) is 15.2 Å². The standard InChI is InChI=1S/C14H18N4O/c1-3-12-13(4-2)17-18-14(16-12)19-11-7-5-10(9-15)6-8-11/h5-8H,3-4,9,15H2,1-2H3. The summed E-state index contributed by atoms with van der Waals surface area (Å²) >= 11 is 0. The fourth-order valence-corrected chi connectivity index (χ4v) is 1.76. The van der Waals surface area contributed by atoms with E-state index in [2.05, 4.69) is 15.2 Å². The summed E-state index contributed by atoms with van der Waals surface area (Å²) in [6, 6.07) is 7.83. The lowest BCUT2D eigenvalue weighted by Crippen LogP contribution is -2.04. The molecule has 0 fully saturated rings. The van der Waals surface area contributed by atoms with Crippen LogP contribution in [0.2, 0.25) is 0 Å². The largest absolute Gasteiger partial charge is 0.423 e. The lowest BCUT2D eigenvalue weighted by atomic mass is 10.2. The van der Waals surface area contributed by atoms with Crippen LogP contribution in [0.15, 0.2) is 24.3 Å². The van der Waals surface area contributed by atoms with Gasteiger partial charge in [-0.2, -0.15) is 4.98 Å². The van der Waals surface area contributed by atoms with E-state index >= 15 is 0 Å². The molecule has 19 heavy (non-hydrogen) atoms. The molecular weight excluding hydrogens is 240 g/mol. The summed E-state index contributed by atoms with van der Waals surface area (Å²) in [4.78, 5) is 4.38. The molecule has 0 aliphatic heterocycles. The van der Waals surface area contributed by atoms with E-state index in [-0.39, 0.29) is 6.01 Å². The van der Waals surface area contributed by atoms with E-state index in [0.717, 1.165) is 29.8 Å². The normalized spacial score (nSPS) is 10.5. The van der Waals surface area contributed by atoms with Crippen molar-refractivity contribution in [2.75, 3.05) is 0 Å². The summed E-state index contributed by atoms with van der Waals surface area (Å²) in [5.74, 6) is 0.685. The van der Waals surface area contributed by atoms with Crippen molar-refractivity contribution in [3.05, 3.63) is 41.2 Å². The smallest absolute Gasteiger partial charge is 0.341 e. The van der Waals surface area contributed by atoms with Gasteiger partial charge in [0.05, 0.1) is 11.4 Å². The SMILES string of the molecule is CCc1nnc(Oc2ccc(CN)cc2)nc1CC. The van der Waals surface area contributed by atoms with Crippen LogP contribution in [0.25, 0.3) is 0 Å². The number of rotatable bonds is 5. The van der Waals surface area contributed by atoms with E-state index in [1.54, 1.807) is 0 Å². The predicted molar refractivity (Wildman–Crippen MR) is 73.0 cm³/mol. The molecule has 0 unspecified atom stereocenters. The van der Waals surface area contributed by atoms with Crippen molar-refractivity contribution in [2.24, 2.45) is 5.73 Å². The molecule has 0 bridgehead atoms. The second-order valence-electron chi connectivity index (χ2n) is 4.15. The Kier molecular flexibility index (Phi) is 4.41. The van der Waals surface area contributed by atoms with Crippen LogP contribution in [-0.2, 0) is 19.4 Å². The minimum atomic E-state index is 0.287. The van der Waals surface area contributed by atoms with E-state index in [1.807, 2.05) is 38.1 Å². The number of benzene rings is 1. The van der Waals surface area contributed by atoms with Crippen LogP contribution in [0, 0.1) is 0 Å². The van der Waals surface area contributed by atoms with Gasteiger partial charge in [-0.05, 0) is 30.5 Å². The minimum absolute atomic E-state index is 0.287. The highest BCUT2D eigenvalue weighted by Crippen LogP contribution is 2.18. The predicted octanol–water partition coefficient (Wildman–Crippen LogP) is 2.25. The van der Waals surface area contributed by atoms with E-state index in [9.17, 15) is 0 Å². The zero-order chi connectivity index (χ0) is 13.7.